The second-order valence-corrected chi connectivity index (χ2v) is 6.69. The lowest BCUT2D eigenvalue weighted by atomic mass is 10.1. The molecule has 1 amide bonds. The highest BCUT2D eigenvalue weighted by atomic mass is 16.5. The Hall–Kier alpha value is -1.92. The van der Waals surface area contributed by atoms with E-state index in [1.165, 1.54) is 0 Å². The smallest absolute Gasteiger partial charge is 0.308 e. The van der Waals surface area contributed by atoms with Crippen molar-refractivity contribution in [2.24, 2.45) is 5.92 Å². The van der Waals surface area contributed by atoms with Gasteiger partial charge in [-0.1, -0.05) is 12.1 Å². The van der Waals surface area contributed by atoms with Crippen LogP contribution in [0.1, 0.15) is 63.1 Å². The predicted octanol–water partition coefficient (Wildman–Crippen LogP) is 1.98. The molecule has 0 bridgehead atoms. The van der Waals surface area contributed by atoms with Crippen LogP contribution >= 0.6 is 0 Å². The molecule has 1 unspecified atom stereocenters. The number of hydrogen-bond donors (Lipinski definition) is 1. The first-order valence-corrected chi connectivity index (χ1v) is 8.39. The predicted molar refractivity (Wildman–Crippen MR) is 80.7 cm³/mol. The highest BCUT2D eigenvalue weighted by Gasteiger charge is 2.34. The van der Waals surface area contributed by atoms with E-state index in [0.29, 0.717) is 37.6 Å². The van der Waals surface area contributed by atoms with E-state index in [9.17, 15) is 9.59 Å². The van der Waals surface area contributed by atoms with Gasteiger partial charge in [-0.3, -0.25) is 9.59 Å². The Morgan fingerprint density at radius 3 is 2.70 bits per heavy atom. The molecule has 2 fully saturated rings. The minimum absolute atomic E-state index is 0.0301. The largest absolute Gasteiger partial charge is 0.481 e. The van der Waals surface area contributed by atoms with Gasteiger partial charge in [0.25, 0.3) is 0 Å². The first-order valence-electron chi connectivity index (χ1n) is 8.39. The highest BCUT2D eigenvalue weighted by Crippen LogP contribution is 2.38. The van der Waals surface area contributed by atoms with Crippen LogP contribution in [0.15, 0.2) is 4.52 Å². The second kappa shape index (κ2) is 6.68. The number of carbonyl (C=O) groups is 2. The lowest BCUT2D eigenvalue weighted by Gasteiger charge is -2.24. The topological polar surface area (TPSA) is 96.5 Å². The summed E-state index contributed by atoms with van der Waals surface area (Å²) in [6, 6.07) is 0.231. The van der Waals surface area contributed by atoms with Crippen LogP contribution in [0.25, 0.3) is 0 Å². The summed E-state index contributed by atoms with van der Waals surface area (Å²) in [5.41, 5.74) is 0. The van der Waals surface area contributed by atoms with Crippen molar-refractivity contribution in [1.82, 2.24) is 15.0 Å². The fourth-order valence-electron chi connectivity index (χ4n) is 2.63. The molecule has 2 aliphatic rings. The van der Waals surface area contributed by atoms with Crippen LogP contribution in [0.3, 0.4) is 0 Å². The average molecular weight is 321 g/mol. The summed E-state index contributed by atoms with van der Waals surface area (Å²) in [5, 5.41) is 13.0. The van der Waals surface area contributed by atoms with Crippen molar-refractivity contribution >= 4 is 11.9 Å². The number of hydrogen-bond acceptors (Lipinski definition) is 5. The van der Waals surface area contributed by atoms with Crippen molar-refractivity contribution in [1.29, 1.82) is 0 Å². The van der Waals surface area contributed by atoms with Gasteiger partial charge in [0.1, 0.15) is 0 Å². The quantitative estimate of drug-likeness (QED) is 0.747. The summed E-state index contributed by atoms with van der Waals surface area (Å²) in [4.78, 5) is 29.4. The molecule has 2 saturated carbocycles. The first kappa shape index (κ1) is 16.0. The molecule has 3 rings (SSSR count). The molecule has 7 nitrogen and oxygen atoms in total. The van der Waals surface area contributed by atoms with Crippen LogP contribution in [0, 0.1) is 5.92 Å². The van der Waals surface area contributed by atoms with Gasteiger partial charge in [-0.2, -0.15) is 4.98 Å². The van der Waals surface area contributed by atoms with Crippen molar-refractivity contribution in [3.8, 4) is 0 Å². The van der Waals surface area contributed by atoms with Crippen LogP contribution in [0.2, 0.25) is 0 Å². The van der Waals surface area contributed by atoms with Crippen molar-refractivity contribution < 1.29 is 19.2 Å². The SMILES string of the molecule is CC(CN(C(=O)CCCc1nc(C2CC2)no1)C1CC1)C(=O)O. The average Bonchev–Trinajstić information content (AvgIpc) is 3.43. The van der Waals surface area contributed by atoms with Gasteiger partial charge in [0.15, 0.2) is 5.82 Å². The summed E-state index contributed by atoms with van der Waals surface area (Å²) in [7, 11) is 0. The van der Waals surface area contributed by atoms with E-state index in [1.54, 1.807) is 11.8 Å². The molecule has 23 heavy (non-hydrogen) atoms. The number of aromatic nitrogens is 2. The van der Waals surface area contributed by atoms with E-state index >= 15 is 0 Å². The molecule has 0 aromatic carbocycles. The third-order valence-electron chi connectivity index (χ3n) is 4.41. The number of aliphatic carboxylic acids is 1. The molecule has 1 atom stereocenters. The Kier molecular flexibility index (Phi) is 4.63. The second-order valence-electron chi connectivity index (χ2n) is 6.69. The Labute approximate surface area is 135 Å². The van der Waals surface area contributed by atoms with Crippen LogP contribution in [-0.4, -0.2) is 44.6 Å². The molecular weight excluding hydrogens is 298 g/mol. The standard InChI is InChI=1S/C16H23N3O4/c1-10(16(21)22)9-19(12-7-8-12)14(20)4-2-3-13-17-15(18-23-13)11-5-6-11/h10-12H,2-9H2,1H3,(H,21,22). The third-order valence-corrected chi connectivity index (χ3v) is 4.41. The van der Waals surface area contributed by atoms with Gasteiger partial charge in [0, 0.05) is 31.3 Å². The Morgan fingerprint density at radius 2 is 2.09 bits per heavy atom. The lowest BCUT2D eigenvalue weighted by Crippen LogP contribution is -2.38. The number of aryl methyl sites for hydroxylation is 1. The molecule has 1 aromatic heterocycles. The summed E-state index contributed by atoms with van der Waals surface area (Å²) in [5.74, 6) is 0.496. The van der Waals surface area contributed by atoms with Gasteiger partial charge in [0.05, 0.1) is 5.92 Å². The van der Waals surface area contributed by atoms with E-state index < -0.39 is 11.9 Å². The van der Waals surface area contributed by atoms with Crippen LogP contribution < -0.4 is 0 Å². The number of nitrogens with zero attached hydrogens (tertiary/aromatic N) is 3. The van der Waals surface area contributed by atoms with E-state index in [4.69, 9.17) is 9.63 Å². The van der Waals surface area contributed by atoms with Crippen molar-refractivity contribution in [2.45, 2.75) is 63.8 Å². The summed E-state index contributed by atoms with van der Waals surface area (Å²) in [6.45, 7) is 1.94. The van der Waals surface area contributed by atoms with E-state index in [0.717, 1.165) is 31.5 Å². The molecule has 126 valence electrons. The molecule has 7 heteroatoms. The van der Waals surface area contributed by atoms with Gasteiger partial charge >= 0.3 is 5.97 Å². The minimum Gasteiger partial charge on any atom is -0.481 e. The van der Waals surface area contributed by atoms with Gasteiger partial charge in [-0.25, -0.2) is 0 Å². The molecular formula is C16H23N3O4. The summed E-state index contributed by atoms with van der Waals surface area (Å²) >= 11 is 0. The molecule has 1 heterocycles. The van der Waals surface area contributed by atoms with Crippen LogP contribution in [0.4, 0.5) is 0 Å². The van der Waals surface area contributed by atoms with E-state index in [-0.39, 0.29) is 11.9 Å². The maximum Gasteiger partial charge on any atom is 0.308 e. The third kappa shape index (κ3) is 4.30. The molecule has 2 aliphatic carbocycles. The highest BCUT2D eigenvalue weighted by molar-refractivity contribution is 5.78. The van der Waals surface area contributed by atoms with Crippen molar-refractivity contribution in [3.63, 3.8) is 0 Å². The van der Waals surface area contributed by atoms with Crippen LogP contribution in [-0.2, 0) is 16.0 Å². The van der Waals surface area contributed by atoms with E-state index in [2.05, 4.69) is 10.1 Å². The van der Waals surface area contributed by atoms with Gasteiger partial charge in [-0.15, -0.1) is 0 Å². The Balaban J connectivity index is 1.45. The Morgan fingerprint density at radius 1 is 1.35 bits per heavy atom. The summed E-state index contributed by atoms with van der Waals surface area (Å²) < 4.78 is 5.20. The summed E-state index contributed by atoms with van der Waals surface area (Å²) in [6.07, 6.45) is 5.86. The molecule has 1 N–H and O–H groups in total. The number of carboxylic acid groups (broad SMARTS) is 1. The number of carboxylic acids is 1. The van der Waals surface area contributed by atoms with Gasteiger partial charge < -0.3 is 14.5 Å². The fourth-order valence-corrected chi connectivity index (χ4v) is 2.63. The molecule has 0 saturated heterocycles. The zero-order valence-corrected chi connectivity index (χ0v) is 13.4. The van der Waals surface area contributed by atoms with Crippen molar-refractivity contribution in [2.75, 3.05) is 6.54 Å². The zero-order valence-electron chi connectivity index (χ0n) is 13.4. The fraction of sp³-hybridized carbons (Fsp3) is 0.750. The number of rotatable bonds is 9. The molecule has 1 aromatic rings. The molecule has 0 aliphatic heterocycles. The first-order chi connectivity index (χ1) is 11.0. The van der Waals surface area contributed by atoms with Gasteiger partial charge in [-0.05, 0) is 32.1 Å². The lowest BCUT2D eigenvalue weighted by molar-refractivity contribution is -0.143. The maximum atomic E-state index is 12.4. The monoisotopic (exact) mass is 321 g/mol. The zero-order chi connectivity index (χ0) is 16.4. The number of amides is 1. The number of carbonyl (C=O) groups excluding carboxylic acids is 1. The maximum absolute atomic E-state index is 12.4. The van der Waals surface area contributed by atoms with Crippen LogP contribution in [0.5, 0.6) is 0 Å². The van der Waals surface area contributed by atoms with Gasteiger partial charge in [0.2, 0.25) is 11.8 Å². The molecule has 0 radical (unpaired) electrons. The molecule has 0 spiro atoms. The van der Waals surface area contributed by atoms with Crippen molar-refractivity contribution in [3.05, 3.63) is 11.7 Å². The minimum atomic E-state index is -0.859. The van der Waals surface area contributed by atoms with E-state index in [1.807, 2.05) is 0 Å². The normalized spacial score (nSPS) is 18.7. The Bertz CT molecular complexity index is 578.